The zero-order chi connectivity index (χ0) is 18.8. The lowest BCUT2D eigenvalue weighted by molar-refractivity contribution is 0.0979. The van der Waals surface area contributed by atoms with Gasteiger partial charge in [0.1, 0.15) is 11.3 Å². The molecule has 0 aliphatic rings. The Morgan fingerprint density at radius 2 is 1.67 bits per heavy atom. The lowest BCUT2D eigenvalue weighted by atomic mass is 10.1. The van der Waals surface area contributed by atoms with Crippen LogP contribution >= 0.6 is 11.6 Å². The summed E-state index contributed by atoms with van der Waals surface area (Å²) in [6, 6.07) is 23.2. The molecule has 2 aromatic carbocycles. The second-order valence-corrected chi connectivity index (χ2v) is 6.77. The number of fused-ring (bicyclic) bond motifs is 1. The average molecular weight is 376 g/mol. The van der Waals surface area contributed by atoms with Crippen molar-refractivity contribution in [2.24, 2.45) is 0 Å². The molecule has 2 aromatic heterocycles. The van der Waals surface area contributed by atoms with E-state index >= 15 is 0 Å². The van der Waals surface area contributed by atoms with Crippen LogP contribution in [0.4, 0.5) is 5.69 Å². The molecule has 1 amide bonds. The fraction of sp³-hybridized carbons (Fsp3) is 0.0909. The topological polar surface area (TPSA) is 37.6 Å². The van der Waals surface area contributed by atoms with Crippen LogP contribution in [0, 0.1) is 6.92 Å². The molecular formula is C22H18ClN3O. The molecule has 0 aliphatic carbocycles. The summed E-state index contributed by atoms with van der Waals surface area (Å²) in [4.78, 5) is 19.9. The first kappa shape index (κ1) is 17.3. The summed E-state index contributed by atoms with van der Waals surface area (Å²) in [5.41, 5.74) is 3.79. The molecule has 27 heavy (non-hydrogen) atoms. The van der Waals surface area contributed by atoms with Gasteiger partial charge in [0.2, 0.25) is 0 Å². The van der Waals surface area contributed by atoms with Crippen LogP contribution in [0.2, 0.25) is 5.02 Å². The Labute approximate surface area is 162 Å². The van der Waals surface area contributed by atoms with Crippen molar-refractivity contribution in [3.05, 3.63) is 101 Å². The van der Waals surface area contributed by atoms with Gasteiger partial charge in [-0.25, -0.2) is 4.98 Å². The first-order valence-electron chi connectivity index (χ1n) is 8.68. The van der Waals surface area contributed by atoms with Crippen molar-refractivity contribution < 1.29 is 4.79 Å². The standard InChI is InChI=1S/C22H18ClN3O/c1-16-21(26-15-18(23)12-13-20(26)24-16)22(27)25(19-10-6-3-7-11-19)14-17-8-4-2-5-9-17/h2-13,15H,14H2,1H3. The number of aryl methyl sites for hydroxylation is 1. The van der Waals surface area contributed by atoms with Crippen molar-refractivity contribution >= 4 is 28.8 Å². The Hall–Kier alpha value is -3.11. The molecule has 0 atom stereocenters. The van der Waals surface area contributed by atoms with Crippen LogP contribution in [0.25, 0.3) is 5.65 Å². The molecule has 0 spiro atoms. The fourth-order valence-electron chi connectivity index (χ4n) is 3.18. The normalized spacial score (nSPS) is 10.9. The third-order valence-electron chi connectivity index (χ3n) is 4.46. The third-order valence-corrected chi connectivity index (χ3v) is 4.68. The highest BCUT2D eigenvalue weighted by Crippen LogP contribution is 2.23. The zero-order valence-corrected chi connectivity index (χ0v) is 15.6. The molecule has 0 bridgehead atoms. The highest BCUT2D eigenvalue weighted by Gasteiger charge is 2.24. The maximum absolute atomic E-state index is 13.6. The predicted molar refractivity (Wildman–Crippen MR) is 108 cm³/mol. The second kappa shape index (κ2) is 7.25. The highest BCUT2D eigenvalue weighted by molar-refractivity contribution is 6.30. The van der Waals surface area contributed by atoms with Gasteiger partial charge >= 0.3 is 0 Å². The third kappa shape index (κ3) is 3.44. The number of imidazole rings is 1. The summed E-state index contributed by atoms with van der Waals surface area (Å²) in [5, 5.41) is 0.559. The average Bonchev–Trinajstić information content (AvgIpc) is 3.02. The minimum absolute atomic E-state index is 0.114. The van der Waals surface area contributed by atoms with Gasteiger partial charge in [-0.05, 0) is 36.8 Å². The number of nitrogens with zero attached hydrogens (tertiary/aromatic N) is 3. The minimum Gasteiger partial charge on any atom is -0.303 e. The van der Waals surface area contributed by atoms with Gasteiger partial charge in [-0.1, -0.05) is 60.1 Å². The number of anilines is 1. The van der Waals surface area contributed by atoms with Crippen LogP contribution in [-0.2, 0) is 6.54 Å². The quantitative estimate of drug-likeness (QED) is 0.495. The van der Waals surface area contributed by atoms with E-state index in [0.717, 1.165) is 11.3 Å². The van der Waals surface area contributed by atoms with E-state index < -0.39 is 0 Å². The summed E-state index contributed by atoms with van der Waals surface area (Å²) >= 11 is 6.16. The van der Waals surface area contributed by atoms with E-state index in [1.165, 1.54) is 0 Å². The number of aromatic nitrogens is 2. The summed E-state index contributed by atoms with van der Waals surface area (Å²) < 4.78 is 1.76. The van der Waals surface area contributed by atoms with Gasteiger partial charge < -0.3 is 4.90 Å². The number of pyridine rings is 1. The van der Waals surface area contributed by atoms with Crippen molar-refractivity contribution in [3.8, 4) is 0 Å². The molecule has 4 rings (SSSR count). The van der Waals surface area contributed by atoms with Crippen LogP contribution < -0.4 is 4.90 Å². The first-order chi connectivity index (χ1) is 13.1. The molecule has 0 N–H and O–H groups in total. The number of hydrogen-bond donors (Lipinski definition) is 0. The van der Waals surface area contributed by atoms with Gasteiger partial charge in [0, 0.05) is 11.9 Å². The Kier molecular flexibility index (Phi) is 4.65. The van der Waals surface area contributed by atoms with E-state index in [-0.39, 0.29) is 5.91 Å². The van der Waals surface area contributed by atoms with Crippen molar-refractivity contribution in [1.29, 1.82) is 0 Å². The number of para-hydroxylation sites is 1. The molecule has 0 saturated heterocycles. The monoisotopic (exact) mass is 375 g/mol. The second-order valence-electron chi connectivity index (χ2n) is 6.33. The Bertz CT molecular complexity index is 1090. The SMILES string of the molecule is Cc1nc2ccc(Cl)cn2c1C(=O)N(Cc1ccccc1)c1ccccc1. The number of hydrogen-bond acceptors (Lipinski definition) is 2. The molecule has 4 aromatic rings. The fourth-order valence-corrected chi connectivity index (χ4v) is 3.34. The number of amides is 1. The number of halogens is 1. The van der Waals surface area contributed by atoms with E-state index in [2.05, 4.69) is 4.98 Å². The number of carbonyl (C=O) groups is 1. The Morgan fingerprint density at radius 3 is 2.37 bits per heavy atom. The van der Waals surface area contributed by atoms with Gasteiger partial charge in [-0.3, -0.25) is 9.20 Å². The first-order valence-corrected chi connectivity index (χ1v) is 9.06. The maximum Gasteiger partial charge on any atom is 0.277 e. The molecule has 0 aliphatic heterocycles. The Balaban J connectivity index is 1.82. The highest BCUT2D eigenvalue weighted by atomic mass is 35.5. The molecule has 0 saturated carbocycles. The minimum atomic E-state index is -0.114. The van der Waals surface area contributed by atoms with Crippen molar-refractivity contribution in [2.45, 2.75) is 13.5 Å². The lowest BCUT2D eigenvalue weighted by Gasteiger charge is -2.23. The molecule has 0 radical (unpaired) electrons. The largest absolute Gasteiger partial charge is 0.303 e. The number of carbonyl (C=O) groups excluding carboxylic acids is 1. The molecule has 5 heteroatoms. The zero-order valence-electron chi connectivity index (χ0n) is 14.8. The molecular weight excluding hydrogens is 358 g/mol. The lowest BCUT2D eigenvalue weighted by Crippen LogP contribution is -2.31. The predicted octanol–water partition coefficient (Wildman–Crippen LogP) is 5.14. The molecule has 0 unspecified atom stereocenters. The van der Waals surface area contributed by atoms with Crippen molar-refractivity contribution in [3.63, 3.8) is 0 Å². The van der Waals surface area contributed by atoms with Crippen molar-refractivity contribution in [2.75, 3.05) is 4.90 Å². The van der Waals surface area contributed by atoms with Gasteiger partial charge in [0.05, 0.1) is 17.3 Å². The number of benzene rings is 2. The van der Waals surface area contributed by atoms with E-state index in [1.54, 1.807) is 21.6 Å². The summed E-state index contributed by atoms with van der Waals surface area (Å²) in [7, 11) is 0. The van der Waals surface area contributed by atoms with Gasteiger partial charge in [0.15, 0.2) is 0 Å². The maximum atomic E-state index is 13.6. The van der Waals surface area contributed by atoms with Gasteiger partial charge in [-0.2, -0.15) is 0 Å². The summed E-state index contributed by atoms with van der Waals surface area (Å²) in [5.74, 6) is -0.114. The van der Waals surface area contributed by atoms with Crippen LogP contribution in [0.5, 0.6) is 0 Å². The van der Waals surface area contributed by atoms with Crippen molar-refractivity contribution in [1.82, 2.24) is 9.38 Å². The van der Waals surface area contributed by atoms with E-state index in [4.69, 9.17) is 11.6 Å². The van der Waals surface area contributed by atoms with Crippen LogP contribution in [0.3, 0.4) is 0 Å². The summed E-state index contributed by atoms with van der Waals surface area (Å²) in [6.45, 7) is 2.32. The van der Waals surface area contributed by atoms with E-state index in [9.17, 15) is 4.79 Å². The van der Waals surface area contributed by atoms with Gasteiger partial charge in [0.25, 0.3) is 5.91 Å². The Morgan fingerprint density at radius 1 is 1.00 bits per heavy atom. The molecule has 0 fully saturated rings. The van der Waals surface area contributed by atoms with Crippen LogP contribution in [-0.4, -0.2) is 15.3 Å². The van der Waals surface area contributed by atoms with E-state index in [0.29, 0.717) is 28.6 Å². The van der Waals surface area contributed by atoms with Crippen LogP contribution in [0.1, 0.15) is 21.7 Å². The summed E-state index contributed by atoms with van der Waals surface area (Å²) in [6.07, 6.45) is 1.73. The molecule has 4 nitrogen and oxygen atoms in total. The molecule has 134 valence electrons. The van der Waals surface area contributed by atoms with Crippen LogP contribution in [0.15, 0.2) is 79.0 Å². The molecule has 2 heterocycles. The van der Waals surface area contributed by atoms with E-state index in [1.807, 2.05) is 73.7 Å². The number of rotatable bonds is 4. The smallest absolute Gasteiger partial charge is 0.277 e. The van der Waals surface area contributed by atoms with Gasteiger partial charge in [-0.15, -0.1) is 0 Å².